The zero-order chi connectivity index (χ0) is 22.5. The van der Waals surface area contributed by atoms with Crippen LogP contribution >= 0.6 is 0 Å². The highest BCUT2D eigenvalue weighted by molar-refractivity contribution is 5.56. The number of rotatable bonds is 7. The van der Waals surface area contributed by atoms with E-state index in [9.17, 15) is 0 Å². The van der Waals surface area contributed by atoms with Crippen LogP contribution in [-0.2, 0) is 6.42 Å². The summed E-state index contributed by atoms with van der Waals surface area (Å²) in [5, 5.41) is 10.2. The Morgan fingerprint density at radius 3 is 2.52 bits per heavy atom. The number of aromatic nitrogens is 5. The van der Waals surface area contributed by atoms with Gasteiger partial charge in [-0.15, -0.1) is 0 Å². The minimum absolute atomic E-state index is 0.506. The number of pyridine rings is 1. The van der Waals surface area contributed by atoms with Crippen molar-refractivity contribution in [2.24, 2.45) is 0 Å². The van der Waals surface area contributed by atoms with E-state index in [2.05, 4.69) is 65.1 Å². The fourth-order valence-corrected chi connectivity index (χ4v) is 3.82. The molecular formula is C25H26N8. The Balaban J connectivity index is 1.25. The van der Waals surface area contributed by atoms with Crippen LogP contribution in [0, 0.1) is 6.92 Å². The molecule has 0 unspecified atom stereocenters. The van der Waals surface area contributed by atoms with Gasteiger partial charge in [0.25, 0.3) is 0 Å². The van der Waals surface area contributed by atoms with Gasteiger partial charge in [-0.25, -0.2) is 24.9 Å². The predicted molar refractivity (Wildman–Crippen MR) is 129 cm³/mol. The Labute approximate surface area is 193 Å². The zero-order valence-electron chi connectivity index (χ0n) is 18.5. The summed E-state index contributed by atoms with van der Waals surface area (Å²) >= 11 is 0. The van der Waals surface area contributed by atoms with E-state index in [-0.39, 0.29) is 0 Å². The molecule has 4 heterocycles. The third kappa shape index (κ3) is 5.48. The third-order valence-electron chi connectivity index (χ3n) is 5.48. The van der Waals surface area contributed by atoms with Gasteiger partial charge in [0.05, 0.1) is 0 Å². The van der Waals surface area contributed by atoms with Crippen molar-refractivity contribution in [2.75, 3.05) is 23.7 Å². The van der Waals surface area contributed by atoms with E-state index in [1.54, 1.807) is 12.4 Å². The van der Waals surface area contributed by atoms with Gasteiger partial charge in [0, 0.05) is 42.8 Å². The maximum atomic E-state index is 4.66. The minimum atomic E-state index is 0.506. The van der Waals surface area contributed by atoms with Crippen LogP contribution in [0.5, 0.6) is 0 Å². The highest BCUT2D eigenvalue weighted by Crippen LogP contribution is 2.18. The Morgan fingerprint density at radius 1 is 0.909 bits per heavy atom. The van der Waals surface area contributed by atoms with E-state index >= 15 is 0 Å². The van der Waals surface area contributed by atoms with Crippen LogP contribution in [0.25, 0.3) is 11.5 Å². The van der Waals surface area contributed by atoms with E-state index in [4.69, 9.17) is 0 Å². The van der Waals surface area contributed by atoms with Crippen molar-refractivity contribution in [3.05, 3.63) is 84.1 Å². The molecule has 1 atom stereocenters. The van der Waals surface area contributed by atoms with E-state index < -0.39 is 0 Å². The van der Waals surface area contributed by atoms with Crippen LogP contribution in [-0.4, -0.2) is 44.1 Å². The quantitative estimate of drug-likeness (QED) is 0.401. The number of benzene rings is 1. The molecule has 1 fully saturated rings. The SMILES string of the molecule is Cc1cccc(-c2nccc(Nc3ccnc(Cc4ccc(N[C@H]5CCNC5)cc4)n3)n2)n1. The molecule has 0 aliphatic carbocycles. The normalized spacial score (nSPS) is 15.4. The maximum Gasteiger partial charge on any atom is 0.180 e. The molecule has 1 aromatic carbocycles. The molecule has 0 amide bonds. The van der Waals surface area contributed by atoms with Crippen molar-refractivity contribution in [2.45, 2.75) is 25.8 Å². The van der Waals surface area contributed by atoms with Gasteiger partial charge in [0.15, 0.2) is 5.82 Å². The van der Waals surface area contributed by atoms with Crippen LogP contribution in [0.15, 0.2) is 67.0 Å². The van der Waals surface area contributed by atoms with Crippen LogP contribution < -0.4 is 16.0 Å². The van der Waals surface area contributed by atoms with Crippen LogP contribution in [0.3, 0.4) is 0 Å². The van der Waals surface area contributed by atoms with Crippen molar-refractivity contribution < 1.29 is 0 Å². The van der Waals surface area contributed by atoms with Gasteiger partial charge in [-0.05, 0) is 61.9 Å². The largest absolute Gasteiger partial charge is 0.381 e. The molecule has 3 N–H and O–H groups in total. The number of anilines is 3. The molecule has 1 aliphatic rings. The second-order valence-corrected chi connectivity index (χ2v) is 8.12. The fourth-order valence-electron chi connectivity index (χ4n) is 3.82. The molecule has 3 aromatic heterocycles. The van der Waals surface area contributed by atoms with E-state index in [0.29, 0.717) is 29.9 Å². The van der Waals surface area contributed by atoms with E-state index in [0.717, 1.165) is 48.0 Å². The molecule has 33 heavy (non-hydrogen) atoms. The predicted octanol–water partition coefficient (Wildman–Crippen LogP) is 3.75. The summed E-state index contributed by atoms with van der Waals surface area (Å²) in [6.45, 7) is 4.05. The molecule has 0 saturated carbocycles. The monoisotopic (exact) mass is 438 g/mol. The second kappa shape index (κ2) is 9.70. The third-order valence-corrected chi connectivity index (χ3v) is 5.48. The van der Waals surface area contributed by atoms with Gasteiger partial charge in [0.2, 0.25) is 0 Å². The molecule has 4 aromatic rings. The van der Waals surface area contributed by atoms with Crippen LogP contribution in [0.2, 0.25) is 0 Å². The Morgan fingerprint density at radius 2 is 1.73 bits per heavy atom. The molecular weight excluding hydrogens is 412 g/mol. The van der Waals surface area contributed by atoms with Crippen LogP contribution in [0.1, 0.15) is 23.5 Å². The zero-order valence-corrected chi connectivity index (χ0v) is 18.5. The second-order valence-electron chi connectivity index (χ2n) is 8.12. The summed E-state index contributed by atoms with van der Waals surface area (Å²) in [5.41, 5.74) is 3.97. The molecule has 166 valence electrons. The highest BCUT2D eigenvalue weighted by atomic mass is 15.1. The molecule has 0 bridgehead atoms. The highest BCUT2D eigenvalue weighted by Gasteiger charge is 2.13. The van der Waals surface area contributed by atoms with Gasteiger partial charge in [-0.3, -0.25) is 0 Å². The number of nitrogens with one attached hydrogen (secondary N) is 3. The number of hydrogen-bond donors (Lipinski definition) is 3. The Kier molecular flexibility index (Phi) is 6.16. The molecule has 1 aliphatic heterocycles. The van der Waals surface area contributed by atoms with Crippen molar-refractivity contribution in [3.8, 4) is 11.5 Å². The summed E-state index contributed by atoms with van der Waals surface area (Å²) in [4.78, 5) is 22.5. The number of nitrogens with zero attached hydrogens (tertiary/aromatic N) is 5. The molecule has 8 nitrogen and oxygen atoms in total. The van der Waals surface area contributed by atoms with E-state index in [1.165, 1.54) is 0 Å². The lowest BCUT2D eigenvalue weighted by Gasteiger charge is -2.13. The first-order valence-electron chi connectivity index (χ1n) is 11.1. The first-order chi connectivity index (χ1) is 16.2. The number of hydrogen-bond acceptors (Lipinski definition) is 8. The molecule has 0 spiro atoms. The average molecular weight is 439 g/mol. The Hall–Kier alpha value is -3.91. The first-order valence-corrected chi connectivity index (χ1v) is 11.1. The van der Waals surface area contributed by atoms with Crippen molar-refractivity contribution in [1.29, 1.82) is 0 Å². The lowest BCUT2D eigenvalue weighted by atomic mass is 10.1. The number of aryl methyl sites for hydroxylation is 1. The van der Waals surface area contributed by atoms with Crippen LogP contribution in [0.4, 0.5) is 17.3 Å². The van der Waals surface area contributed by atoms with Gasteiger partial charge < -0.3 is 16.0 Å². The summed E-state index contributed by atoms with van der Waals surface area (Å²) in [5.74, 6) is 2.66. The van der Waals surface area contributed by atoms with E-state index in [1.807, 2.05) is 37.3 Å². The summed E-state index contributed by atoms with van der Waals surface area (Å²) < 4.78 is 0. The molecule has 8 heteroatoms. The van der Waals surface area contributed by atoms with Gasteiger partial charge in [-0.2, -0.15) is 0 Å². The van der Waals surface area contributed by atoms with Gasteiger partial charge in [-0.1, -0.05) is 18.2 Å². The van der Waals surface area contributed by atoms with Crippen molar-refractivity contribution in [3.63, 3.8) is 0 Å². The molecule has 5 rings (SSSR count). The standard InChI is InChI=1S/C25H26N8/c1-17-3-2-4-21(29-17)25-28-14-11-23(33-25)31-22-10-13-27-24(32-22)15-18-5-7-19(8-6-18)30-20-9-12-26-16-20/h2-8,10-11,13-14,20,26,30H,9,12,15-16H2,1H3,(H,27,28,31,32,33)/t20-/m0/s1. The lowest BCUT2D eigenvalue weighted by Crippen LogP contribution is -2.21. The average Bonchev–Trinajstić information content (AvgIpc) is 3.34. The Bertz CT molecular complexity index is 1220. The topological polar surface area (TPSA) is 101 Å². The summed E-state index contributed by atoms with van der Waals surface area (Å²) in [6.07, 6.45) is 5.29. The molecule has 1 saturated heterocycles. The fraction of sp³-hybridized carbons (Fsp3) is 0.240. The maximum absolute atomic E-state index is 4.66. The smallest absolute Gasteiger partial charge is 0.180 e. The lowest BCUT2D eigenvalue weighted by molar-refractivity contribution is 0.793. The van der Waals surface area contributed by atoms with Crippen molar-refractivity contribution >= 4 is 17.3 Å². The van der Waals surface area contributed by atoms with Gasteiger partial charge >= 0.3 is 0 Å². The summed E-state index contributed by atoms with van der Waals surface area (Å²) in [6, 6.07) is 18.4. The minimum Gasteiger partial charge on any atom is -0.381 e. The molecule has 0 radical (unpaired) electrons. The van der Waals surface area contributed by atoms with Gasteiger partial charge in [0.1, 0.15) is 23.2 Å². The first kappa shape index (κ1) is 21.0. The van der Waals surface area contributed by atoms with Crippen molar-refractivity contribution in [1.82, 2.24) is 30.2 Å². The summed E-state index contributed by atoms with van der Waals surface area (Å²) in [7, 11) is 0.